The third-order valence-corrected chi connectivity index (χ3v) is 7.27. The smallest absolute Gasteiger partial charge is 0.233 e. The Bertz CT molecular complexity index is 1140. The van der Waals surface area contributed by atoms with Crippen LogP contribution in [0.5, 0.6) is 5.75 Å². The lowest BCUT2D eigenvalue weighted by Gasteiger charge is -2.33. The summed E-state index contributed by atoms with van der Waals surface area (Å²) in [7, 11) is 1.88. The molecule has 0 radical (unpaired) electrons. The molecule has 4 rings (SSSR count). The van der Waals surface area contributed by atoms with E-state index in [4.69, 9.17) is 10.6 Å². The summed E-state index contributed by atoms with van der Waals surface area (Å²) in [6, 6.07) is 16.6. The maximum Gasteiger partial charge on any atom is 0.233 e. The second kappa shape index (κ2) is 10.1. The van der Waals surface area contributed by atoms with Crippen molar-refractivity contribution in [3.05, 3.63) is 71.0 Å². The van der Waals surface area contributed by atoms with Crippen LogP contribution in [-0.2, 0) is 23.2 Å². The fourth-order valence-electron chi connectivity index (χ4n) is 4.24. The van der Waals surface area contributed by atoms with Gasteiger partial charge in [-0.3, -0.25) is 4.79 Å². The molecule has 0 spiro atoms. The van der Waals surface area contributed by atoms with Crippen molar-refractivity contribution in [2.75, 3.05) is 18.6 Å². The molecule has 8 heteroatoms. The first-order valence-corrected chi connectivity index (χ1v) is 12.6. The third-order valence-electron chi connectivity index (χ3n) is 6.35. The van der Waals surface area contributed by atoms with Gasteiger partial charge in [-0.1, -0.05) is 68.9 Å². The number of hydrogen-bond acceptors (Lipinski definition) is 6. The number of hydrogen-bond donors (Lipinski definition) is 1. The van der Waals surface area contributed by atoms with E-state index in [9.17, 15) is 4.79 Å². The number of nitrogen functional groups attached to an aromatic ring is 1. The second-order valence-corrected chi connectivity index (χ2v) is 10.7. The number of benzene rings is 2. The van der Waals surface area contributed by atoms with Gasteiger partial charge in [0.1, 0.15) is 12.4 Å². The van der Waals surface area contributed by atoms with Crippen molar-refractivity contribution in [1.29, 1.82) is 0 Å². The van der Waals surface area contributed by atoms with E-state index in [1.54, 1.807) is 0 Å². The van der Waals surface area contributed by atoms with Gasteiger partial charge >= 0.3 is 0 Å². The van der Waals surface area contributed by atoms with E-state index < -0.39 is 0 Å². The van der Waals surface area contributed by atoms with Crippen molar-refractivity contribution in [3.63, 3.8) is 0 Å². The molecule has 0 saturated heterocycles. The van der Waals surface area contributed by atoms with Crippen molar-refractivity contribution in [3.8, 4) is 5.75 Å². The minimum absolute atomic E-state index is 0.0476. The molecular formula is C26H33N5O2S. The van der Waals surface area contributed by atoms with Crippen LogP contribution in [0, 0.1) is 0 Å². The molecule has 0 fully saturated rings. The topological polar surface area (TPSA) is 86.3 Å². The van der Waals surface area contributed by atoms with Crippen LogP contribution < -0.4 is 10.6 Å². The number of amides is 1. The summed E-state index contributed by atoms with van der Waals surface area (Å²) in [5.41, 5.74) is 3.93. The van der Waals surface area contributed by atoms with Crippen molar-refractivity contribution in [1.82, 2.24) is 19.8 Å². The highest BCUT2D eigenvalue weighted by atomic mass is 32.2. The highest BCUT2D eigenvalue weighted by Gasteiger charge is 2.27. The van der Waals surface area contributed by atoms with E-state index in [2.05, 4.69) is 61.3 Å². The van der Waals surface area contributed by atoms with Crippen LogP contribution in [0.3, 0.4) is 0 Å². The summed E-state index contributed by atoms with van der Waals surface area (Å²) in [5, 5.41) is 8.79. The molecule has 1 amide bonds. The van der Waals surface area contributed by atoms with E-state index in [1.807, 2.05) is 30.1 Å². The van der Waals surface area contributed by atoms with Gasteiger partial charge in [0.25, 0.3) is 0 Å². The molecular weight excluding hydrogens is 446 g/mol. The number of carbonyl (C=O) groups is 1. The number of rotatable bonds is 7. The molecule has 34 heavy (non-hydrogen) atoms. The van der Waals surface area contributed by atoms with Gasteiger partial charge < -0.3 is 15.5 Å². The Kier molecular flexibility index (Phi) is 7.16. The van der Waals surface area contributed by atoms with Gasteiger partial charge in [-0.25, -0.2) is 4.68 Å². The van der Waals surface area contributed by atoms with E-state index >= 15 is 0 Å². The van der Waals surface area contributed by atoms with E-state index in [1.165, 1.54) is 33.1 Å². The Labute approximate surface area is 205 Å². The number of carbonyl (C=O) groups excluding carboxylic acids is 1. The molecule has 3 aromatic rings. The molecule has 0 aliphatic heterocycles. The molecule has 1 heterocycles. The molecule has 1 aliphatic carbocycles. The monoisotopic (exact) mass is 479 g/mol. The molecule has 1 unspecified atom stereocenters. The van der Waals surface area contributed by atoms with Gasteiger partial charge in [-0.05, 0) is 53.5 Å². The lowest BCUT2D eigenvalue weighted by molar-refractivity contribution is -0.129. The molecule has 180 valence electrons. The number of aryl methyl sites for hydroxylation is 1. The molecule has 0 bridgehead atoms. The molecule has 1 atom stereocenters. The van der Waals surface area contributed by atoms with Crippen LogP contribution in [0.25, 0.3) is 0 Å². The third kappa shape index (κ3) is 5.38. The average Bonchev–Trinajstić information content (AvgIpc) is 3.19. The second-order valence-electron chi connectivity index (χ2n) is 9.73. The van der Waals surface area contributed by atoms with Gasteiger partial charge in [0.15, 0.2) is 5.82 Å². The largest absolute Gasteiger partial charge is 0.486 e. The zero-order chi connectivity index (χ0) is 24.3. The minimum atomic E-state index is 0.0476. The van der Waals surface area contributed by atoms with Crippen LogP contribution in [0.15, 0.2) is 53.7 Å². The number of fused-ring (bicyclic) bond motifs is 1. The van der Waals surface area contributed by atoms with Gasteiger partial charge in [0.2, 0.25) is 11.1 Å². The van der Waals surface area contributed by atoms with Crippen LogP contribution in [0.4, 0.5) is 0 Å². The Morgan fingerprint density at radius 3 is 2.65 bits per heavy atom. The van der Waals surface area contributed by atoms with E-state index in [-0.39, 0.29) is 29.7 Å². The minimum Gasteiger partial charge on any atom is -0.486 e. The zero-order valence-electron chi connectivity index (χ0n) is 20.3. The number of nitrogens with zero attached hydrogens (tertiary/aromatic N) is 4. The van der Waals surface area contributed by atoms with Gasteiger partial charge in [-0.2, -0.15) is 0 Å². The van der Waals surface area contributed by atoms with E-state index in [0.29, 0.717) is 11.0 Å². The number of thioether (sulfide) groups is 1. The Hall–Kier alpha value is -3.00. The predicted octanol–water partition coefficient (Wildman–Crippen LogP) is 4.50. The van der Waals surface area contributed by atoms with Crippen LogP contribution in [0.2, 0.25) is 0 Å². The first kappa shape index (κ1) is 24.1. The van der Waals surface area contributed by atoms with Crippen LogP contribution >= 0.6 is 11.8 Å². The van der Waals surface area contributed by atoms with Crippen molar-refractivity contribution >= 4 is 17.7 Å². The van der Waals surface area contributed by atoms with Crippen molar-refractivity contribution in [2.45, 2.75) is 63.3 Å². The quantitative estimate of drug-likeness (QED) is 0.397. The standard InChI is InChI=1S/C26H33N5O2S/c1-26(2,3)19-12-14-20(15-13-19)33-16-23-28-29-25(31(23)27)34-17-24(32)30(4)22-11-7-9-18-8-5-6-10-21(18)22/h5-6,8,10,12-15,22H,7,9,11,16-17,27H2,1-4H3. The van der Waals surface area contributed by atoms with Crippen LogP contribution in [-0.4, -0.2) is 38.5 Å². The highest BCUT2D eigenvalue weighted by Crippen LogP contribution is 2.34. The molecule has 1 aromatic heterocycles. The lowest BCUT2D eigenvalue weighted by Crippen LogP contribution is -2.34. The number of ether oxygens (including phenoxy) is 1. The lowest BCUT2D eigenvalue weighted by atomic mass is 9.87. The predicted molar refractivity (Wildman–Crippen MR) is 135 cm³/mol. The number of aromatic nitrogens is 3. The Morgan fingerprint density at radius 1 is 1.18 bits per heavy atom. The maximum absolute atomic E-state index is 12.9. The Morgan fingerprint density at radius 2 is 1.91 bits per heavy atom. The summed E-state index contributed by atoms with van der Waals surface area (Å²) in [6.07, 6.45) is 3.15. The van der Waals surface area contributed by atoms with E-state index in [0.717, 1.165) is 25.0 Å². The first-order valence-electron chi connectivity index (χ1n) is 11.6. The molecule has 2 aromatic carbocycles. The fraction of sp³-hybridized carbons (Fsp3) is 0.423. The molecule has 2 N–H and O–H groups in total. The summed E-state index contributed by atoms with van der Waals surface area (Å²) in [4.78, 5) is 14.8. The Balaban J connectivity index is 1.32. The molecule has 7 nitrogen and oxygen atoms in total. The number of nitrogens with two attached hydrogens (primary N) is 1. The summed E-state index contributed by atoms with van der Waals surface area (Å²) >= 11 is 1.29. The summed E-state index contributed by atoms with van der Waals surface area (Å²) < 4.78 is 7.24. The van der Waals surface area contributed by atoms with Crippen molar-refractivity contribution in [2.24, 2.45) is 0 Å². The fourth-order valence-corrected chi connectivity index (χ4v) is 5.03. The highest BCUT2D eigenvalue weighted by molar-refractivity contribution is 7.99. The SMILES string of the molecule is CN(C(=O)CSc1nnc(COc2ccc(C(C)(C)C)cc2)n1N)C1CCCc2ccccc21. The molecule has 0 saturated carbocycles. The summed E-state index contributed by atoms with van der Waals surface area (Å²) in [6.45, 7) is 6.73. The zero-order valence-corrected chi connectivity index (χ0v) is 21.1. The summed E-state index contributed by atoms with van der Waals surface area (Å²) in [5.74, 6) is 7.73. The normalized spacial score (nSPS) is 15.6. The maximum atomic E-state index is 12.9. The van der Waals surface area contributed by atoms with Gasteiger partial charge in [0.05, 0.1) is 11.8 Å². The first-order chi connectivity index (χ1) is 16.2. The van der Waals surface area contributed by atoms with Gasteiger partial charge in [-0.15, -0.1) is 10.2 Å². The average molecular weight is 480 g/mol. The van der Waals surface area contributed by atoms with Crippen molar-refractivity contribution < 1.29 is 9.53 Å². The van der Waals surface area contributed by atoms with Gasteiger partial charge in [0, 0.05) is 7.05 Å². The molecule has 1 aliphatic rings. The van der Waals surface area contributed by atoms with Crippen LogP contribution in [0.1, 0.15) is 62.2 Å².